The van der Waals surface area contributed by atoms with Crippen molar-refractivity contribution in [2.45, 2.75) is 31.7 Å². The van der Waals surface area contributed by atoms with E-state index in [0.29, 0.717) is 30.2 Å². The molecule has 1 fully saturated rings. The van der Waals surface area contributed by atoms with Crippen LogP contribution in [0, 0.1) is 6.92 Å². The van der Waals surface area contributed by atoms with E-state index in [4.69, 9.17) is 4.74 Å². The Hall–Kier alpha value is -2.17. The zero-order chi connectivity index (χ0) is 21.9. The van der Waals surface area contributed by atoms with Crippen LogP contribution in [0.5, 0.6) is 0 Å². The number of rotatable bonds is 6. The summed E-state index contributed by atoms with van der Waals surface area (Å²) in [6.07, 6.45) is -6.14. The van der Waals surface area contributed by atoms with Gasteiger partial charge in [-0.2, -0.15) is 13.2 Å². The Labute approximate surface area is 176 Å². The first-order valence-corrected chi connectivity index (χ1v) is 10.4. The number of hydrogen-bond donors (Lipinski definition) is 1. The van der Waals surface area contributed by atoms with Crippen LogP contribution in [-0.4, -0.2) is 60.4 Å². The number of carbonyl (C=O) groups is 1. The molecule has 1 N–H and O–H groups in total. The third-order valence-electron chi connectivity index (χ3n) is 5.01. The second kappa shape index (κ2) is 8.91. The van der Waals surface area contributed by atoms with Crippen molar-refractivity contribution in [2.24, 2.45) is 0 Å². The minimum absolute atomic E-state index is 0.132. The molecule has 2 heterocycles. The summed E-state index contributed by atoms with van der Waals surface area (Å²) in [5.74, 6) is -0.820. The van der Waals surface area contributed by atoms with Gasteiger partial charge in [-0.3, -0.25) is 4.79 Å². The zero-order valence-corrected chi connectivity index (χ0v) is 17.6. The van der Waals surface area contributed by atoms with E-state index in [1.807, 2.05) is 24.3 Å². The maximum absolute atomic E-state index is 13.6. The van der Waals surface area contributed by atoms with E-state index in [9.17, 15) is 23.1 Å². The second-order valence-electron chi connectivity index (χ2n) is 7.34. The monoisotopic (exact) mass is 443 g/mol. The fourth-order valence-electron chi connectivity index (χ4n) is 3.19. The quantitative estimate of drug-likeness (QED) is 0.743. The predicted octanol–water partition coefficient (Wildman–Crippen LogP) is 3.09. The topological polar surface area (TPSA) is 65.9 Å². The molecular weight excluding hydrogens is 419 g/mol. The smallest absolute Gasteiger partial charge is 0.378 e. The highest BCUT2D eigenvalue weighted by Gasteiger charge is 2.58. The number of aryl methyl sites for hydroxylation is 1. The summed E-state index contributed by atoms with van der Waals surface area (Å²) in [5, 5.41) is 11.2. The first-order valence-electron chi connectivity index (χ1n) is 9.47. The van der Waals surface area contributed by atoms with Crippen LogP contribution < -0.4 is 4.90 Å². The molecule has 1 aliphatic heterocycles. The van der Waals surface area contributed by atoms with Crippen LogP contribution >= 0.6 is 11.3 Å². The fraction of sp³-hybridized carbons (Fsp3) is 0.500. The summed E-state index contributed by atoms with van der Waals surface area (Å²) < 4.78 is 46.1. The van der Waals surface area contributed by atoms with Crippen molar-refractivity contribution in [3.8, 4) is 0 Å². The zero-order valence-electron chi connectivity index (χ0n) is 16.8. The van der Waals surface area contributed by atoms with Crippen LogP contribution in [0.2, 0.25) is 0 Å². The van der Waals surface area contributed by atoms with Gasteiger partial charge in [0.1, 0.15) is 5.01 Å². The van der Waals surface area contributed by atoms with Gasteiger partial charge in [-0.15, -0.1) is 11.3 Å². The number of aromatic nitrogens is 1. The molecular formula is C20H24F3N3O3S. The number of aliphatic hydroxyl groups is 1. The molecule has 1 aromatic heterocycles. The summed E-state index contributed by atoms with van der Waals surface area (Å²) in [5.41, 5.74) is -1.14. The number of alkyl halides is 3. The molecule has 1 aromatic carbocycles. The first-order chi connectivity index (χ1) is 14.1. The standard InChI is InChI=1S/C20H24F3N3O3S/c1-14-13-30-18(24-14)19(28,20(21,22)23)11-17(27)25(2)12-15-3-5-16(6-4-15)26-7-9-29-10-8-26/h3-6,13,28H,7-12H2,1-2H3. The molecule has 6 nitrogen and oxygen atoms in total. The Morgan fingerprint density at radius 2 is 1.90 bits per heavy atom. The summed E-state index contributed by atoms with van der Waals surface area (Å²) in [7, 11) is 1.42. The van der Waals surface area contributed by atoms with Crippen LogP contribution in [0.4, 0.5) is 18.9 Å². The molecule has 1 saturated heterocycles. The Balaban J connectivity index is 1.67. The van der Waals surface area contributed by atoms with Crippen molar-refractivity contribution in [1.82, 2.24) is 9.88 Å². The third kappa shape index (κ3) is 4.93. The molecule has 1 atom stereocenters. The number of ether oxygens (including phenoxy) is 1. The molecule has 30 heavy (non-hydrogen) atoms. The van der Waals surface area contributed by atoms with E-state index in [0.717, 1.165) is 24.3 Å². The van der Waals surface area contributed by atoms with E-state index in [-0.39, 0.29) is 6.54 Å². The maximum atomic E-state index is 13.6. The summed E-state index contributed by atoms with van der Waals surface area (Å²) in [4.78, 5) is 19.7. The van der Waals surface area contributed by atoms with E-state index in [2.05, 4.69) is 9.88 Å². The number of anilines is 1. The van der Waals surface area contributed by atoms with E-state index in [1.54, 1.807) is 0 Å². The van der Waals surface area contributed by atoms with Crippen molar-refractivity contribution >= 4 is 22.9 Å². The van der Waals surface area contributed by atoms with Gasteiger partial charge in [0, 0.05) is 43.4 Å². The summed E-state index contributed by atoms with van der Waals surface area (Å²) >= 11 is 0.691. The van der Waals surface area contributed by atoms with Crippen LogP contribution in [-0.2, 0) is 21.7 Å². The number of amides is 1. The lowest BCUT2D eigenvalue weighted by Crippen LogP contribution is -2.46. The first kappa shape index (κ1) is 22.5. The van der Waals surface area contributed by atoms with Gasteiger partial charge in [0.2, 0.25) is 11.5 Å². The van der Waals surface area contributed by atoms with Crippen molar-refractivity contribution in [3.05, 3.63) is 45.9 Å². The highest BCUT2D eigenvalue weighted by molar-refractivity contribution is 7.09. The molecule has 1 aliphatic rings. The van der Waals surface area contributed by atoms with E-state index in [1.165, 1.54) is 24.3 Å². The largest absolute Gasteiger partial charge is 0.424 e. The van der Waals surface area contributed by atoms with E-state index >= 15 is 0 Å². The van der Waals surface area contributed by atoms with E-state index < -0.39 is 29.1 Å². The number of morpholine rings is 1. The Bertz CT molecular complexity index is 866. The number of benzene rings is 1. The molecule has 0 aliphatic carbocycles. The molecule has 1 unspecified atom stereocenters. The van der Waals surface area contributed by atoms with Crippen molar-refractivity contribution in [1.29, 1.82) is 0 Å². The average Bonchev–Trinajstić information content (AvgIpc) is 3.15. The van der Waals surface area contributed by atoms with Gasteiger partial charge in [0.05, 0.1) is 19.6 Å². The van der Waals surface area contributed by atoms with Crippen molar-refractivity contribution < 1.29 is 27.8 Å². The minimum Gasteiger partial charge on any atom is -0.378 e. The molecule has 0 spiro atoms. The lowest BCUT2D eigenvalue weighted by atomic mass is 9.98. The van der Waals surface area contributed by atoms with Gasteiger partial charge in [-0.25, -0.2) is 4.98 Å². The third-order valence-corrected chi connectivity index (χ3v) is 6.12. The Morgan fingerprint density at radius 3 is 2.43 bits per heavy atom. The Kier molecular flexibility index (Phi) is 6.68. The Morgan fingerprint density at radius 1 is 1.27 bits per heavy atom. The molecule has 0 radical (unpaired) electrons. The number of nitrogens with zero attached hydrogens (tertiary/aromatic N) is 3. The van der Waals surface area contributed by atoms with Crippen LogP contribution in [0.15, 0.2) is 29.6 Å². The highest BCUT2D eigenvalue weighted by Crippen LogP contribution is 2.43. The van der Waals surface area contributed by atoms with Crippen molar-refractivity contribution in [3.63, 3.8) is 0 Å². The van der Waals surface area contributed by atoms with Gasteiger partial charge in [-0.05, 0) is 24.6 Å². The number of thiazole rings is 1. The number of carbonyl (C=O) groups excluding carboxylic acids is 1. The predicted molar refractivity (Wildman–Crippen MR) is 107 cm³/mol. The fourth-order valence-corrected chi connectivity index (χ4v) is 4.11. The SMILES string of the molecule is Cc1csc(C(O)(CC(=O)N(C)Cc2ccc(N3CCOCC3)cc2)C(F)(F)F)n1. The van der Waals surface area contributed by atoms with Gasteiger partial charge in [-0.1, -0.05) is 12.1 Å². The summed E-state index contributed by atoms with van der Waals surface area (Å²) in [6, 6.07) is 7.52. The lowest BCUT2D eigenvalue weighted by molar-refractivity contribution is -0.268. The highest BCUT2D eigenvalue weighted by atomic mass is 32.1. The van der Waals surface area contributed by atoms with Crippen LogP contribution in [0.1, 0.15) is 22.7 Å². The molecule has 0 saturated carbocycles. The maximum Gasteiger partial charge on any atom is 0.424 e. The minimum atomic E-state index is -5.02. The molecule has 164 valence electrons. The van der Waals surface area contributed by atoms with Gasteiger partial charge in [0.15, 0.2) is 0 Å². The average molecular weight is 443 g/mol. The van der Waals surface area contributed by atoms with Crippen LogP contribution in [0.3, 0.4) is 0 Å². The molecule has 3 rings (SSSR count). The molecule has 10 heteroatoms. The number of hydrogen-bond acceptors (Lipinski definition) is 6. The van der Waals surface area contributed by atoms with Gasteiger partial charge in [0.25, 0.3) is 0 Å². The molecule has 1 amide bonds. The van der Waals surface area contributed by atoms with Gasteiger partial charge < -0.3 is 19.6 Å². The number of halogens is 3. The summed E-state index contributed by atoms with van der Waals surface area (Å²) in [6.45, 7) is 4.59. The molecule has 2 aromatic rings. The van der Waals surface area contributed by atoms with Crippen molar-refractivity contribution in [2.75, 3.05) is 38.3 Å². The van der Waals surface area contributed by atoms with Crippen LogP contribution in [0.25, 0.3) is 0 Å². The normalized spacial score (nSPS) is 16.9. The second-order valence-corrected chi connectivity index (χ2v) is 8.20. The van der Waals surface area contributed by atoms with Gasteiger partial charge >= 0.3 is 6.18 Å². The molecule has 0 bridgehead atoms. The lowest BCUT2D eigenvalue weighted by Gasteiger charge is -2.30.